The highest BCUT2D eigenvalue weighted by molar-refractivity contribution is 5.91. The van der Waals surface area contributed by atoms with Crippen LogP contribution in [0.2, 0.25) is 0 Å². The molecule has 0 spiro atoms. The monoisotopic (exact) mass is 319 g/mol. The average Bonchev–Trinajstić information content (AvgIpc) is 2.51. The first-order chi connectivity index (χ1) is 10.9. The van der Waals surface area contributed by atoms with Crippen LogP contribution in [0, 0.1) is 5.92 Å². The van der Waals surface area contributed by atoms with Crippen molar-refractivity contribution in [3.8, 4) is 0 Å². The molecular weight excluding hydrogens is 294 g/mol. The molecule has 1 rings (SSSR count). The zero-order chi connectivity index (χ0) is 17.2. The smallest absolute Gasteiger partial charge is 0.243 e. The lowest BCUT2D eigenvalue weighted by atomic mass is 10.0. The molecular formula is C17H25N3O3. The van der Waals surface area contributed by atoms with Gasteiger partial charge in [0.25, 0.3) is 0 Å². The summed E-state index contributed by atoms with van der Waals surface area (Å²) in [4.78, 5) is 35.7. The number of carbonyl (C=O) groups is 3. The van der Waals surface area contributed by atoms with Crippen molar-refractivity contribution in [1.29, 1.82) is 0 Å². The maximum Gasteiger partial charge on any atom is 0.243 e. The van der Waals surface area contributed by atoms with Gasteiger partial charge in [-0.05, 0) is 18.4 Å². The Kier molecular flexibility index (Phi) is 7.80. The lowest BCUT2D eigenvalue weighted by Crippen LogP contribution is -2.51. The van der Waals surface area contributed by atoms with Gasteiger partial charge in [-0.3, -0.25) is 14.4 Å². The quantitative estimate of drug-likeness (QED) is 0.656. The summed E-state index contributed by atoms with van der Waals surface area (Å²) in [5.41, 5.74) is 0.884. The maximum atomic E-state index is 12.2. The molecule has 1 aromatic rings. The first-order valence-electron chi connectivity index (χ1n) is 7.81. The van der Waals surface area contributed by atoms with Crippen LogP contribution in [0.1, 0.15) is 26.3 Å². The van der Waals surface area contributed by atoms with Gasteiger partial charge in [0.1, 0.15) is 6.04 Å². The third-order valence-corrected chi connectivity index (χ3v) is 3.27. The Morgan fingerprint density at radius 3 is 2.22 bits per heavy atom. The van der Waals surface area contributed by atoms with E-state index in [9.17, 15) is 14.4 Å². The second-order valence-corrected chi connectivity index (χ2v) is 5.62. The van der Waals surface area contributed by atoms with Crippen LogP contribution >= 0.6 is 0 Å². The van der Waals surface area contributed by atoms with E-state index in [0.29, 0.717) is 6.54 Å². The Morgan fingerprint density at radius 2 is 1.65 bits per heavy atom. The third kappa shape index (κ3) is 6.95. The molecule has 3 N–H and O–H groups in total. The Labute approximate surface area is 137 Å². The van der Waals surface area contributed by atoms with E-state index in [1.165, 1.54) is 0 Å². The Morgan fingerprint density at radius 1 is 1.00 bits per heavy atom. The Bertz CT molecular complexity index is 529. The molecule has 0 saturated heterocycles. The summed E-state index contributed by atoms with van der Waals surface area (Å²) in [7, 11) is 0. The molecule has 23 heavy (non-hydrogen) atoms. The third-order valence-electron chi connectivity index (χ3n) is 3.27. The van der Waals surface area contributed by atoms with Crippen LogP contribution in [0.4, 0.5) is 0 Å². The number of benzene rings is 1. The fraction of sp³-hybridized carbons (Fsp3) is 0.471. The highest BCUT2D eigenvalue weighted by atomic mass is 16.2. The van der Waals surface area contributed by atoms with E-state index in [4.69, 9.17) is 0 Å². The first kappa shape index (κ1) is 18.7. The van der Waals surface area contributed by atoms with E-state index in [1.54, 1.807) is 6.92 Å². The van der Waals surface area contributed by atoms with Crippen molar-refractivity contribution in [3.05, 3.63) is 35.9 Å². The minimum atomic E-state index is -0.666. The van der Waals surface area contributed by atoms with E-state index in [-0.39, 0.29) is 36.6 Å². The summed E-state index contributed by atoms with van der Waals surface area (Å²) >= 11 is 0. The van der Waals surface area contributed by atoms with Gasteiger partial charge in [0.05, 0.1) is 13.0 Å². The number of hydrogen-bond donors (Lipinski definition) is 3. The van der Waals surface area contributed by atoms with E-state index in [2.05, 4.69) is 16.0 Å². The van der Waals surface area contributed by atoms with Gasteiger partial charge < -0.3 is 16.0 Å². The van der Waals surface area contributed by atoms with Gasteiger partial charge in [0, 0.05) is 6.54 Å². The van der Waals surface area contributed by atoms with Gasteiger partial charge in [0.15, 0.2) is 0 Å². The van der Waals surface area contributed by atoms with Crippen LogP contribution in [0.3, 0.4) is 0 Å². The van der Waals surface area contributed by atoms with Gasteiger partial charge in [-0.25, -0.2) is 0 Å². The molecule has 0 heterocycles. The normalized spacial score (nSPS) is 11.7. The SMILES string of the molecule is CCNC(=O)CNC(=O)[C@@H](NC(=O)Cc1ccccc1)C(C)C. The summed E-state index contributed by atoms with van der Waals surface area (Å²) in [6.45, 7) is 5.92. The van der Waals surface area contributed by atoms with E-state index < -0.39 is 6.04 Å². The van der Waals surface area contributed by atoms with Gasteiger partial charge in [0.2, 0.25) is 17.7 Å². The summed E-state index contributed by atoms with van der Waals surface area (Å²) in [5, 5.41) is 7.89. The van der Waals surface area contributed by atoms with Gasteiger partial charge in [-0.1, -0.05) is 44.2 Å². The zero-order valence-corrected chi connectivity index (χ0v) is 13.9. The molecule has 3 amide bonds. The first-order valence-corrected chi connectivity index (χ1v) is 7.81. The second kappa shape index (κ2) is 9.61. The number of carbonyl (C=O) groups excluding carboxylic acids is 3. The average molecular weight is 319 g/mol. The van der Waals surface area contributed by atoms with E-state index in [1.807, 2.05) is 44.2 Å². The van der Waals surface area contributed by atoms with Crippen LogP contribution < -0.4 is 16.0 Å². The largest absolute Gasteiger partial charge is 0.355 e. The molecule has 126 valence electrons. The van der Waals surface area contributed by atoms with E-state index >= 15 is 0 Å². The molecule has 0 aliphatic carbocycles. The van der Waals surface area contributed by atoms with Crippen molar-refractivity contribution < 1.29 is 14.4 Å². The highest BCUT2D eigenvalue weighted by Gasteiger charge is 2.24. The molecule has 0 aliphatic rings. The second-order valence-electron chi connectivity index (χ2n) is 5.62. The van der Waals surface area contributed by atoms with Gasteiger partial charge in [-0.2, -0.15) is 0 Å². The molecule has 1 atom stereocenters. The topological polar surface area (TPSA) is 87.3 Å². The summed E-state index contributed by atoms with van der Waals surface area (Å²) in [6, 6.07) is 8.66. The molecule has 6 heteroatoms. The number of nitrogens with one attached hydrogen (secondary N) is 3. The van der Waals surface area contributed by atoms with Crippen LogP contribution in [0.5, 0.6) is 0 Å². The lowest BCUT2D eigenvalue weighted by molar-refractivity contribution is -0.131. The minimum absolute atomic E-state index is 0.0797. The zero-order valence-electron chi connectivity index (χ0n) is 13.9. The van der Waals surface area contributed by atoms with Crippen LogP contribution in [-0.4, -0.2) is 36.9 Å². The van der Waals surface area contributed by atoms with Crippen molar-refractivity contribution in [1.82, 2.24) is 16.0 Å². The predicted octanol–water partition coefficient (Wildman–Crippen LogP) is 0.622. The Hall–Kier alpha value is -2.37. The van der Waals surface area contributed by atoms with Crippen LogP contribution in [0.15, 0.2) is 30.3 Å². The molecule has 0 fully saturated rings. The van der Waals surface area contributed by atoms with E-state index in [0.717, 1.165) is 5.56 Å². The van der Waals surface area contributed by atoms with Gasteiger partial charge >= 0.3 is 0 Å². The Balaban J connectivity index is 2.55. The van der Waals surface area contributed by atoms with Crippen molar-refractivity contribution >= 4 is 17.7 Å². The fourth-order valence-electron chi connectivity index (χ4n) is 2.08. The van der Waals surface area contributed by atoms with Crippen molar-refractivity contribution in [3.63, 3.8) is 0 Å². The molecule has 0 unspecified atom stereocenters. The summed E-state index contributed by atoms with van der Waals surface area (Å²) in [5.74, 6) is -0.904. The van der Waals surface area contributed by atoms with Crippen LogP contribution in [-0.2, 0) is 20.8 Å². The number of amides is 3. The van der Waals surface area contributed by atoms with Crippen molar-refractivity contribution in [2.45, 2.75) is 33.2 Å². The molecule has 0 radical (unpaired) electrons. The van der Waals surface area contributed by atoms with Crippen molar-refractivity contribution in [2.75, 3.05) is 13.1 Å². The molecule has 6 nitrogen and oxygen atoms in total. The number of rotatable bonds is 8. The number of likely N-dealkylation sites (N-methyl/N-ethyl adjacent to an activating group) is 1. The fourth-order valence-corrected chi connectivity index (χ4v) is 2.08. The van der Waals surface area contributed by atoms with Gasteiger partial charge in [-0.15, -0.1) is 0 Å². The minimum Gasteiger partial charge on any atom is -0.355 e. The molecule has 0 aliphatic heterocycles. The lowest BCUT2D eigenvalue weighted by Gasteiger charge is -2.21. The maximum absolute atomic E-state index is 12.2. The van der Waals surface area contributed by atoms with Crippen molar-refractivity contribution in [2.24, 2.45) is 5.92 Å². The molecule has 0 bridgehead atoms. The predicted molar refractivity (Wildman–Crippen MR) is 88.6 cm³/mol. The summed E-state index contributed by atoms with van der Waals surface area (Å²) in [6.07, 6.45) is 0.216. The standard InChI is InChI=1S/C17H25N3O3/c1-4-18-15(22)11-19-17(23)16(12(2)3)20-14(21)10-13-8-6-5-7-9-13/h5-9,12,16H,4,10-11H2,1-3H3,(H,18,22)(H,19,23)(H,20,21)/t16-/m0/s1. The number of hydrogen-bond acceptors (Lipinski definition) is 3. The molecule has 0 saturated carbocycles. The molecule has 1 aromatic carbocycles. The van der Waals surface area contributed by atoms with Crippen LogP contribution in [0.25, 0.3) is 0 Å². The molecule has 0 aromatic heterocycles. The highest BCUT2D eigenvalue weighted by Crippen LogP contribution is 2.04. The summed E-state index contributed by atoms with van der Waals surface area (Å²) < 4.78 is 0.